The van der Waals surface area contributed by atoms with Crippen molar-refractivity contribution in [2.75, 3.05) is 19.6 Å². The molecule has 0 saturated heterocycles. The fourth-order valence-electron chi connectivity index (χ4n) is 3.29. The number of rotatable bonds is 6. The fourth-order valence-corrected chi connectivity index (χ4v) is 3.29. The van der Waals surface area contributed by atoms with Crippen molar-refractivity contribution in [1.82, 2.24) is 15.2 Å². The van der Waals surface area contributed by atoms with Gasteiger partial charge in [0.15, 0.2) is 0 Å². The number of amides is 1. The highest BCUT2D eigenvalue weighted by Crippen LogP contribution is 2.27. The van der Waals surface area contributed by atoms with E-state index >= 15 is 0 Å². The Bertz CT molecular complexity index is 889. The fraction of sp³-hybridized carbons (Fsp3) is 0.333. The van der Waals surface area contributed by atoms with Crippen LogP contribution in [-0.2, 0) is 0 Å². The van der Waals surface area contributed by atoms with Gasteiger partial charge in [0.05, 0.1) is 11.1 Å². The molecule has 3 rings (SSSR count). The molecule has 0 bridgehead atoms. The predicted molar refractivity (Wildman–Crippen MR) is 104 cm³/mol. The topological polar surface area (TPSA) is 45.2 Å². The summed E-state index contributed by atoms with van der Waals surface area (Å²) in [5.74, 6) is -0.0609. The summed E-state index contributed by atoms with van der Waals surface area (Å²) in [6.07, 6.45) is 1.74. The van der Waals surface area contributed by atoms with Crippen molar-refractivity contribution in [2.45, 2.75) is 26.8 Å². The Labute approximate surface area is 148 Å². The van der Waals surface area contributed by atoms with E-state index in [-0.39, 0.29) is 5.91 Å². The zero-order valence-corrected chi connectivity index (χ0v) is 15.1. The molecule has 3 aromatic rings. The molecule has 0 atom stereocenters. The average molecular weight is 335 g/mol. The Hall–Kier alpha value is -2.46. The second-order valence-electron chi connectivity index (χ2n) is 6.52. The molecule has 130 valence electrons. The first kappa shape index (κ1) is 17.4. The summed E-state index contributed by atoms with van der Waals surface area (Å²) >= 11 is 0. The van der Waals surface area contributed by atoms with Crippen LogP contribution in [0.15, 0.2) is 48.7 Å². The van der Waals surface area contributed by atoms with E-state index in [2.05, 4.69) is 42.0 Å². The lowest BCUT2D eigenvalue weighted by molar-refractivity contribution is 0.0947. The Morgan fingerprint density at radius 1 is 1.16 bits per heavy atom. The summed E-state index contributed by atoms with van der Waals surface area (Å²) in [7, 11) is 0. The van der Waals surface area contributed by atoms with E-state index in [1.807, 2.05) is 36.4 Å². The molecule has 25 heavy (non-hydrogen) atoms. The van der Waals surface area contributed by atoms with Gasteiger partial charge in [-0.2, -0.15) is 0 Å². The van der Waals surface area contributed by atoms with Gasteiger partial charge in [0.25, 0.3) is 5.91 Å². The number of likely N-dealkylation sites (N-methyl/N-ethyl adjacent to an activating group) is 1. The highest BCUT2D eigenvalue weighted by molar-refractivity contribution is 6.15. The summed E-state index contributed by atoms with van der Waals surface area (Å²) in [4.78, 5) is 19.6. The summed E-state index contributed by atoms with van der Waals surface area (Å²) in [5, 5.41) is 6.26. The molecule has 0 aliphatic heterocycles. The number of hydrogen-bond acceptors (Lipinski definition) is 3. The number of benzene rings is 2. The molecule has 1 heterocycles. The molecule has 0 fully saturated rings. The number of hydrogen-bond donors (Lipinski definition) is 1. The standard InChI is InChI=1S/C21H25N3O/c1-4-24(15(2)3)13-12-23-21(25)19-14-16-8-5-6-9-17(16)18-10-7-11-22-20(18)19/h5-11,14-15H,4,12-13H2,1-3H3,(H,23,25). The van der Waals surface area contributed by atoms with Crippen molar-refractivity contribution in [3.05, 3.63) is 54.2 Å². The second-order valence-corrected chi connectivity index (χ2v) is 6.52. The molecule has 1 amide bonds. The van der Waals surface area contributed by atoms with Crippen molar-refractivity contribution in [1.29, 1.82) is 0 Å². The zero-order valence-electron chi connectivity index (χ0n) is 15.1. The van der Waals surface area contributed by atoms with Gasteiger partial charge in [-0.05, 0) is 43.3 Å². The minimum Gasteiger partial charge on any atom is -0.351 e. The number of aromatic nitrogens is 1. The van der Waals surface area contributed by atoms with Crippen LogP contribution in [0.4, 0.5) is 0 Å². The van der Waals surface area contributed by atoms with Crippen LogP contribution in [0.1, 0.15) is 31.1 Å². The smallest absolute Gasteiger partial charge is 0.253 e. The third kappa shape index (κ3) is 3.64. The Morgan fingerprint density at radius 2 is 1.92 bits per heavy atom. The van der Waals surface area contributed by atoms with Crippen LogP contribution in [-0.4, -0.2) is 41.5 Å². The summed E-state index contributed by atoms with van der Waals surface area (Å²) in [6, 6.07) is 14.5. The van der Waals surface area contributed by atoms with E-state index in [0.717, 1.165) is 34.8 Å². The first-order valence-electron chi connectivity index (χ1n) is 8.90. The molecule has 4 heteroatoms. The summed E-state index contributed by atoms with van der Waals surface area (Å²) in [5.41, 5.74) is 1.40. The van der Waals surface area contributed by atoms with Crippen molar-refractivity contribution >= 4 is 27.6 Å². The lowest BCUT2D eigenvalue weighted by Crippen LogP contribution is -2.38. The van der Waals surface area contributed by atoms with Crippen molar-refractivity contribution < 1.29 is 4.79 Å². The van der Waals surface area contributed by atoms with E-state index in [1.165, 1.54) is 0 Å². The number of nitrogens with zero attached hydrogens (tertiary/aromatic N) is 2. The number of carbonyl (C=O) groups excluding carboxylic acids is 1. The van der Waals surface area contributed by atoms with Crippen LogP contribution in [0.3, 0.4) is 0 Å². The summed E-state index contributed by atoms with van der Waals surface area (Å²) < 4.78 is 0. The predicted octanol–water partition coefficient (Wildman–Crippen LogP) is 3.85. The molecular weight excluding hydrogens is 310 g/mol. The highest BCUT2D eigenvalue weighted by Gasteiger charge is 2.14. The van der Waals surface area contributed by atoms with Crippen LogP contribution in [0.25, 0.3) is 21.7 Å². The summed E-state index contributed by atoms with van der Waals surface area (Å²) in [6.45, 7) is 8.94. The van der Waals surface area contributed by atoms with Gasteiger partial charge in [-0.25, -0.2) is 0 Å². The van der Waals surface area contributed by atoms with E-state index in [9.17, 15) is 4.79 Å². The first-order chi connectivity index (χ1) is 12.1. The van der Waals surface area contributed by atoms with Crippen LogP contribution in [0.2, 0.25) is 0 Å². The van der Waals surface area contributed by atoms with Crippen LogP contribution in [0.5, 0.6) is 0 Å². The van der Waals surface area contributed by atoms with E-state index in [0.29, 0.717) is 18.2 Å². The second kappa shape index (κ2) is 7.62. The first-order valence-corrected chi connectivity index (χ1v) is 8.90. The molecule has 0 radical (unpaired) electrons. The lowest BCUT2D eigenvalue weighted by Gasteiger charge is -2.24. The van der Waals surface area contributed by atoms with Crippen LogP contribution >= 0.6 is 0 Å². The number of nitrogens with one attached hydrogen (secondary N) is 1. The molecule has 1 N–H and O–H groups in total. The van der Waals surface area contributed by atoms with Gasteiger partial charge in [0.1, 0.15) is 0 Å². The quantitative estimate of drug-likeness (QED) is 0.696. The van der Waals surface area contributed by atoms with Crippen molar-refractivity contribution in [3.8, 4) is 0 Å². The van der Waals surface area contributed by atoms with Gasteiger partial charge in [-0.15, -0.1) is 0 Å². The van der Waals surface area contributed by atoms with Gasteiger partial charge in [-0.1, -0.05) is 37.3 Å². The zero-order chi connectivity index (χ0) is 17.8. The van der Waals surface area contributed by atoms with Gasteiger partial charge in [0.2, 0.25) is 0 Å². The van der Waals surface area contributed by atoms with Crippen LogP contribution in [0, 0.1) is 0 Å². The Morgan fingerprint density at radius 3 is 2.68 bits per heavy atom. The molecular formula is C21H25N3O. The minimum absolute atomic E-state index is 0.0609. The maximum Gasteiger partial charge on any atom is 0.253 e. The molecule has 0 saturated carbocycles. The van der Waals surface area contributed by atoms with Gasteiger partial charge >= 0.3 is 0 Å². The largest absolute Gasteiger partial charge is 0.351 e. The molecule has 2 aromatic carbocycles. The number of fused-ring (bicyclic) bond motifs is 3. The molecule has 1 aromatic heterocycles. The average Bonchev–Trinajstić information content (AvgIpc) is 2.64. The Kier molecular flexibility index (Phi) is 5.29. The van der Waals surface area contributed by atoms with Gasteiger partial charge < -0.3 is 5.32 Å². The van der Waals surface area contributed by atoms with E-state index < -0.39 is 0 Å². The molecule has 0 aliphatic carbocycles. The SMILES string of the molecule is CCN(CCNC(=O)c1cc2ccccc2c2cccnc12)C(C)C. The normalized spacial score (nSPS) is 11.6. The van der Waals surface area contributed by atoms with Gasteiger partial charge in [-0.3, -0.25) is 14.7 Å². The molecule has 4 nitrogen and oxygen atoms in total. The lowest BCUT2D eigenvalue weighted by atomic mass is 10.0. The Balaban J connectivity index is 1.88. The monoisotopic (exact) mass is 335 g/mol. The maximum absolute atomic E-state index is 12.8. The molecule has 0 spiro atoms. The van der Waals surface area contributed by atoms with E-state index in [4.69, 9.17) is 0 Å². The molecule has 0 unspecified atom stereocenters. The third-order valence-electron chi connectivity index (χ3n) is 4.68. The van der Waals surface area contributed by atoms with Crippen molar-refractivity contribution in [2.24, 2.45) is 0 Å². The van der Waals surface area contributed by atoms with Crippen LogP contribution < -0.4 is 5.32 Å². The minimum atomic E-state index is -0.0609. The highest BCUT2D eigenvalue weighted by atomic mass is 16.1. The third-order valence-corrected chi connectivity index (χ3v) is 4.68. The van der Waals surface area contributed by atoms with Gasteiger partial charge in [0, 0.05) is 30.7 Å². The number of pyridine rings is 1. The number of carbonyl (C=O) groups is 1. The van der Waals surface area contributed by atoms with Crippen molar-refractivity contribution in [3.63, 3.8) is 0 Å². The maximum atomic E-state index is 12.8. The molecule has 0 aliphatic rings. The van der Waals surface area contributed by atoms with E-state index in [1.54, 1.807) is 6.20 Å².